The Hall–Kier alpha value is -2.89. The standard InChI is InChI=1S/C19H18FN3O2/c20-14-5-3-6-16(10-14)23-12-15(11-18(23)24)21-19(25)22-9-8-13-4-1-2-7-17(13)22/h1-7,10,15H,8-9,11-12H2,(H,21,25)/t15-/m0/s1. The van der Waals surface area contributed by atoms with Crippen LogP contribution < -0.4 is 15.1 Å². The average Bonchev–Trinajstić information content (AvgIpc) is 3.18. The second-order valence-corrected chi connectivity index (χ2v) is 6.37. The third kappa shape index (κ3) is 2.95. The minimum absolute atomic E-state index is 0.113. The van der Waals surface area contributed by atoms with E-state index < -0.39 is 0 Å². The quantitative estimate of drug-likeness (QED) is 0.915. The Bertz CT molecular complexity index is 839. The van der Waals surface area contributed by atoms with E-state index in [4.69, 9.17) is 0 Å². The molecule has 0 bridgehead atoms. The molecule has 0 aromatic heterocycles. The highest BCUT2D eigenvalue weighted by molar-refractivity contribution is 5.98. The van der Waals surface area contributed by atoms with Gasteiger partial charge in [0.2, 0.25) is 5.91 Å². The Morgan fingerprint density at radius 2 is 2.00 bits per heavy atom. The molecule has 5 nitrogen and oxygen atoms in total. The molecule has 1 atom stereocenters. The lowest BCUT2D eigenvalue weighted by molar-refractivity contribution is -0.117. The van der Waals surface area contributed by atoms with E-state index >= 15 is 0 Å². The molecular weight excluding hydrogens is 321 g/mol. The van der Waals surface area contributed by atoms with Gasteiger partial charge in [-0.1, -0.05) is 24.3 Å². The highest BCUT2D eigenvalue weighted by atomic mass is 19.1. The molecule has 1 N–H and O–H groups in total. The summed E-state index contributed by atoms with van der Waals surface area (Å²) in [7, 11) is 0. The van der Waals surface area contributed by atoms with Gasteiger partial charge < -0.3 is 10.2 Å². The zero-order chi connectivity index (χ0) is 17.4. The van der Waals surface area contributed by atoms with Gasteiger partial charge in [0.15, 0.2) is 0 Å². The Morgan fingerprint density at radius 3 is 2.84 bits per heavy atom. The molecule has 2 aliphatic rings. The number of fused-ring (bicyclic) bond motifs is 1. The van der Waals surface area contributed by atoms with E-state index in [0.717, 1.165) is 17.7 Å². The molecule has 1 fully saturated rings. The van der Waals surface area contributed by atoms with Gasteiger partial charge in [0.05, 0.1) is 6.04 Å². The first-order valence-electron chi connectivity index (χ1n) is 8.34. The first kappa shape index (κ1) is 15.6. The number of carbonyl (C=O) groups is 2. The lowest BCUT2D eigenvalue weighted by Gasteiger charge is -2.21. The molecule has 128 valence electrons. The monoisotopic (exact) mass is 339 g/mol. The van der Waals surface area contributed by atoms with Gasteiger partial charge in [-0.2, -0.15) is 0 Å². The highest BCUT2D eigenvalue weighted by Gasteiger charge is 2.33. The number of hydrogen-bond acceptors (Lipinski definition) is 2. The Kier molecular flexibility index (Phi) is 3.87. The molecule has 0 unspecified atom stereocenters. The van der Waals surface area contributed by atoms with E-state index in [9.17, 15) is 14.0 Å². The molecule has 2 heterocycles. The molecule has 25 heavy (non-hydrogen) atoms. The summed E-state index contributed by atoms with van der Waals surface area (Å²) in [4.78, 5) is 28.1. The minimum atomic E-state index is -0.383. The lowest BCUT2D eigenvalue weighted by Crippen LogP contribution is -2.45. The van der Waals surface area contributed by atoms with Crippen LogP contribution in [-0.4, -0.2) is 31.1 Å². The zero-order valence-corrected chi connectivity index (χ0v) is 13.6. The van der Waals surface area contributed by atoms with Crippen LogP contribution >= 0.6 is 0 Å². The summed E-state index contributed by atoms with van der Waals surface area (Å²) in [5.74, 6) is -0.496. The van der Waals surface area contributed by atoms with Crippen LogP contribution in [0.15, 0.2) is 48.5 Å². The summed E-state index contributed by atoms with van der Waals surface area (Å²) in [5, 5.41) is 2.94. The van der Waals surface area contributed by atoms with Crippen LogP contribution in [0, 0.1) is 5.82 Å². The average molecular weight is 339 g/mol. The smallest absolute Gasteiger partial charge is 0.322 e. The van der Waals surface area contributed by atoms with Crippen molar-refractivity contribution in [2.75, 3.05) is 22.9 Å². The number of anilines is 2. The van der Waals surface area contributed by atoms with Crippen LogP contribution in [0.5, 0.6) is 0 Å². The van der Waals surface area contributed by atoms with Crippen LogP contribution in [0.25, 0.3) is 0 Å². The van der Waals surface area contributed by atoms with Gasteiger partial charge in [-0.3, -0.25) is 9.69 Å². The van der Waals surface area contributed by atoms with Crippen molar-refractivity contribution in [1.82, 2.24) is 5.32 Å². The van der Waals surface area contributed by atoms with Gasteiger partial charge in [-0.15, -0.1) is 0 Å². The number of urea groups is 1. The summed E-state index contributed by atoms with van der Waals surface area (Å²) in [6.07, 6.45) is 1.06. The molecule has 0 aliphatic carbocycles. The van der Waals surface area contributed by atoms with E-state index in [1.54, 1.807) is 17.0 Å². The van der Waals surface area contributed by atoms with Gasteiger partial charge in [0, 0.05) is 30.9 Å². The van der Waals surface area contributed by atoms with Crippen LogP contribution in [0.4, 0.5) is 20.6 Å². The number of carbonyl (C=O) groups excluding carboxylic acids is 2. The number of para-hydroxylation sites is 1. The number of halogens is 1. The second-order valence-electron chi connectivity index (χ2n) is 6.37. The molecule has 2 aromatic carbocycles. The van der Waals surface area contributed by atoms with E-state index in [2.05, 4.69) is 5.32 Å². The van der Waals surface area contributed by atoms with Crippen molar-refractivity contribution in [3.8, 4) is 0 Å². The number of benzene rings is 2. The molecular formula is C19H18FN3O2. The first-order valence-corrected chi connectivity index (χ1v) is 8.34. The third-order valence-electron chi connectivity index (χ3n) is 4.70. The molecule has 2 aliphatic heterocycles. The Labute approximate surface area is 145 Å². The van der Waals surface area contributed by atoms with Crippen molar-refractivity contribution in [3.05, 3.63) is 59.9 Å². The Balaban J connectivity index is 1.44. The fourth-order valence-electron chi connectivity index (χ4n) is 3.50. The SMILES string of the molecule is O=C1C[C@H](NC(=O)N2CCc3ccccc32)CN1c1cccc(F)c1. The van der Waals surface area contributed by atoms with Crippen LogP contribution in [-0.2, 0) is 11.2 Å². The van der Waals surface area contributed by atoms with Crippen molar-refractivity contribution >= 4 is 23.3 Å². The number of amides is 3. The number of rotatable bonds is 2. The van der Waals surface area contributed by atoms with E-state index in [1.807, 2.05) is 24.3 Å². The molecule has 4 rings (SSSR count). The molecule has 6 heteroatoms. The van der Waals surface area contributed by atoms with Gasteiger partial charge >= 0.3 is 6.03 Å². The summed E-state index contributed by atoms with van der Waals surface area (Å²) in [6.45, 7) is 0.989. The van der Waals surface area contributed by atoms with E-state index in [1.165, 1.54) is 17.0 Å². The Morgan fingerprint density at radius 1 is 1.16 bits per heavy atom. The molecule has 0 spiro atoms. The fourth-order valence-corrected chi connectivity index (χ4v) is 3.50. The van der Waals surface area contributed by atoms with Gasteiger partial charge in [-0.25, -0.2) is 9.18 Å². The van der Waals surface area contributed by atoms with E-state index in [0.29, 0.717) is 18.8 Å². The van der Waals surface area contributed by atoms with Crippen molar-refractivity contribution < 1.29 is 14.0 Å². The topological polar surface area (TPSA) is 52.7 Å². The van der Waals surface area contributed by atoms with Gasteiger partial charge in [-0.05, 0) is 36.2 Å². The molecule has 3 amide bonds. The van der Waals surface area contributed by atoms with Gasteiger partial charge in [0.1, 0.15) is 5.82 Å². The number of nitrogens with zero attached hydrogens (tertiary/aromatic N) is 2. The summed E-state index contributed by atoms with van der Waals surface area (Å²) >= 11 is 0. The predicted octanol–water partition coefficient (Wildman–Crippen LogP) is 2.70. The molecule has 0 saturated carbocycles. The maximum absolute atomic E-state index is 13.4. The summed E-state index contributed by atoms with van der Waals surface area (Å²) < 4.78 is 13.4. The van der Waals surface area contributed by atoms with Crippen molar-refractivity contribution in [2.45, 2.75) is 18.9 Å². The number of hydrogen-bond donors (Lipinski definition) is 1. The summed E-state index contributed by atoms with van der Waals surface area (Å²) in [5.41, 5.74) is 2.60. The van der Waals surface area contributed by atoms with E-state index in [-0.39, 0.29) is 30.2 Å². The first-order chi connectivity index (χ1) is 12.1. The molecule has 1 saturated heterocycles. The summed E-state index contributed by atoms with van der Waals surface area (Å²) in [6, 6.07) is 13.3. The lowest BCUT2D eigenvalue weighted by atomic mass is 10.2. The van der Waals surface area contributed by atoms with Crippen molar-refractivity contribution in [2.24, 2.45) is 0 Å². The second kappa shape index (κ2) is 6.20. The van der Waals surface area contributed by atoms with Crippen LogP contribution in [0.1, 0.15) is 12.0 Å². The third-order valence-corrected chi connectivity index (χ3v) is 4.70. The fraction of sp³-hybridized carbons (Fsp3) is 0.263. The van der Waals surface area contributed by atoms with Crippen molar-refractivity contribution in [3.63, 3.8) is 0 Å². The highest BCUT2D eigenvalue weighted by Crippen LogP contribution is 2.28. The normalized spacial score (nSPS) is 19.2. The maximum atomic E-state index is 13.4. The minimum Gasteiger partial charge on any atom is -0.333 e. The number of nitrogens with one attached hydrogen (secondary N) is 1. The maximum Gasteiger partial charge on any atom is 0.322 e. The van der Waals surface area contributed by atoms with Gasteiger partial charge in [0.25, 0.3) is 0 Å². The zero-order valence-electron chi connectivity index (χ0n) is 13.6. The molecule has 2 aromatic rings. The predicted molar refractivity (Wildman–Crippen MR) is 93.2 cm³/mol. The van der Waals surface area contributed by atoms with Crippen LogP contribution in [0.2, 0.25) is 0 Å². The van der Waals surface area contributed by atoms with Crippen molar-refractivity contribution in [1.29, 1.82) is 0 Å². The molecule has 0 radical (unpaired) electrons. The largest absolute Gasteiger partial charge is 0.333 e. The van der Waals surface area contributed by atoms with Crippen LogP contribution in [0.3, 0.4) is 0 Å².